The molecule has 1 saturated heterocycles. The fraction of sp³-hybridized carbons (Fsp3) is 0.500. The number of piperidine rings is 1. The largest absolute Gasteiger partial charge is 0.356 e. The first-order valence-corrected chi connectivity index (χ1v) is 10.3. The Labute approximate surface area is 183 Å². The summed E-state index contributed by atoms with van der Waals surface area (Å²) in [5, 5.41) is 9.22. The van der Waals surface area contributed by atoms with E-state index in [4.69, 9.17) is 0 Å². The number of aliphatic imine (C=N–C) groups is 1. The zero-order valence-corrected chi connectivity index (χ0v) is 19.2. The quantitative estimate of drug-likeness (QED) is 0.361. The van der Waals surface area contributed by atoms with Crippen molar-refractivity contribution in [2.24, 2.45) is 10.9 Å². The summed E-state index contributed by atoms with van der Waals surface area (Å²) >= 11 is 1.83. The number of rotatable bonds is 6. The molecular formula is C20H30IN5S. The van der Waals surface area contributed by atoms with E-state index in [1.807, 2.05) is 30.6 Å². The van der Waals surface area contributed by atoms with Crippen LogP contribution in [0.2, 0.25) is 0 Å². The van der Waals surface area contributed by atoms with Gasteiger partial charge in [0.25, 0.3) is 0 Å². The highest BCUT2D eigenvalue weighted by atomic mass is 127. The lowest BCUT2D eigenvalue weighted by molar-refractivity contribution is 0.456. The molecule has 0 radical (unpaired) electrons. The fourth-order valence-corrected chi connectivity index (χ4v) is 4.17. The molecular weight excluding hydrogens is 469 g/mol. The van der Waals surface area contributed by atoms with E-state index < -0.39 is 0 Å². The van der Waals surface area contributed by atoms with Crippen molar-refractivity contribution in [2.45, 2.75) is 32.2 Å². The normalized spacial score (nSPS) is 16.5. The molecule has 0 spiro atoms. The van der Waals surface area contributed by atoms with E-state index in [1.165, 1.54) is 4.88 Å². The number of nitrogens with one attached hydrogen (secondary N) is 2. The number of nitrogens with zero attached hydrogens (tertiary/aromatic N) is 3. The lowest BCUT2D eigenvalue weighted by atomic mass is 10.1. The SMILES string of the molecule is CN=C(NCC(C)Cc1cccs1)NC1CCN(c2ccccn2)CC1.I. The van der Waals surface area contributed by atoms with Crippen LogP contribution in [0.4, 0.5) is 5.82 Å². The number of pyridine rings is 1. The Morgan fingerprint density at radius 2 is 2.11 bits per heavy atom. The standard InChI is InChI=1S/C20H29N5S.HI/c1-16(14-18-6-5-13-26-18)15-23-20(21-2)24-17-8-11-25(12-9-17)19-7-3-4-10-22-19;/h3-7,10,13,16-17H,8-9,11-12,14-15H2,1-2H3,(H2,21,23,24);1H. The van der Waals surface area contributed by atoms with E-state index in [2.05, 4.69) is 62.1 Å². The third kappa shape index (κ3) is 6.95. The third-order valence-electron chi connectivity index (χ3n) is 4.78. The molecule has 0 amide bonds. The van der Waals surface area contributed by atoms with E-state index in [-0.39, 0.29) is 24.0 Å². The molecule has 1 aliphatic rings. The van der Waals surface area contributed by atoms with Crippen LogP contribution in [0.5, 0.6) is 0 Å². The minimum Gasteiger partial charge on any atom is -0.356 e. The summed E-state index contributed by atoms with van der Waals surface area (Å²) < 4.78 is 0. The number of anilines is 1. The molecule has 0 bridgehead atoms. The van der Waals surface area contributed by atoms with Gasteiger partial charge in [0, 0.05) is 43.8 Å². The Balaban J connectivity index is 0.00000261. The second-order valence-electron chi connectivity index (χ2n) is 6.94. The van der Waals surface area contributed by atoms with Gasteiger partial charge in [-0.05, 0) is 48.8 Å². The van der Waals surface area contributed by atoms with Gasteiger partial charge in [-0.2, -0.15) is 0 Å². The van der Waals surface area contributed by atoms with Crippen LogP contribution in [0.1, 0.15) is 24.6 Å². The first kappa shape index (κ1) is 21.9. The Kier molecular flexibility index (Phi) is 9.33. The molecule has 2 N–H and O–H groups in total. The van der Waals surface area contributed by atoms with Gasteiger partial charge in [-0.15, -0.1) is 35.3 Å². The van der Waals surface area contributed by atoms with Gasteiger partial charge in [0.15, 0.2) is 5.96 Å². The van der Waals surface area contributed by atoms with Crippen molar-refractivity contribution in [1.29, 1.82) is 0 Å². The van der Waals surface area contributed by atoms with E-state index >= 15 is 0 Å². The van der Waals surface area contributed by atoms with Gasteiger partial charge >= 0.3 is 0 Å². The predicted octanol–water partition coefficient (Wildman–Crippen LogP) is 3.77. The lowest BCUT2D eigenvalue weighted by Gasteiger charge is -2.33. The van der Waals surface area contributed by atoms with Crippen LogP contribution in [-0.2, 0) is 6.42 Å². The van der Waals surface area contributed by atoms with Crippen LogP contribution in [0.25, 0.3) is 0 Å². The van der Waals surface area contributed by atoms with Gasteiger partial charge in [-0.25, -0.2) is 4.98 Å². The summed E-state index contributed by atoms with van der Waals surface area (Å²) in [6.45, 7) is 5.27. The summed E-state index contributed by atoms with van der Waals surface area (Å²) in [6.07, 6.45) is 5.18. The average Bonchev–Trinajstić information content (AvgIpc) is 3.19. The molecule has 5 nitrogen and oxygen atoms in total. The summed E-state index contributed by atoms with van der Waals surface area (Å²) in [5.74, 6) is 2.58. The molecule has 7 heteroatoms. The number of halogens is 1. The average molecular weight is 499 g/mol. The highest BCUT2D eigenvalue weighted by Crippen LogP contribution is 2.17. The van der Waals surface area contributed by atoms with E-state index in [1.54, 1.807) is 0 Å². The topological polar surface area (TPSA) is 52.6 Å². The molecule has 3 heterocycles. The smallest absolute Gasteiger partial charge is 0.191 e. The second-order valence-corrected chi connectivity index (χ2v) is 7.97. The number of aromatic nitrogens is 1. The molecule has 1 aliphatic heterocycles. The van der Waals surface area contributed by atoms with Crippen LogP contribution < -0.4 is 15.5 Å². The number of hydrogen-bond acceptors (Lipinski definition) is 4. The first-order chi connectivity index (χ1) is 12.7. The van der Waals surface area contributed by atoms with Crippen molar-refractivity contribution >= 4 is 47.1 Å². The maximum atomic E-state index is 4.45. The molecule has 1 atom stereocenters. The van der Waals surface area contributed by atoms with Crippen LogP contribution in [0.15, 0.2) is 46.9 Å². The highest BCUT2D eigenvalue weighted by molar-refractivity contribution is 14.0. The van der Waals surface area contributed by atoms with Crippen LogP contribution >= 0.6 is 35.3 Å². The second kappa shape index (κ2) is 11.5. The Hall–Kier alpha value is -1.35. The van der Waals surface area contributed by atoms with Gasteiger partial charge in [-0.3, -0.25) is 4.99 Å². The Morgan fingerprint density at radius 3 is 2.74 bits per heavy atom. The zero-order valence-electron chi connectivity index (χ0n) is 16.1. The van der Waals surface area contributed by atoms with Crippen molar-refractivity contribution in [1.82, 2.24) is 15.6 Å². The molecule has 0 saturated carbocycles. The van der Waals surface area contributed by atoms with Crippen molar-refractivity contribution in [2.75, 3.05) is 31.6 Å². The van der Waals surface area contributed by atoms with Crippen LogP contribution in [-0.4, -0.2) is 43.7 Å². The lowest BCUT2D eigenvalue weighted by Crippen LogP contribution is -2.49. The minimum atomic E-state index is 0. The van der Waals surface area contributed by atoms with Crippen molar-refractivity contribution < 1.29 is 0 Å². The first-order valence-electron chi connectivity index (χ1n) is 9.40. The number of thiophene rings is 1. The van der Waals surface area contributed by atoms with E-state index in [0.29, 0.717) is 12.0 Å². The van der Waals surface area contributed by atoms with Gasteiger partial charge in [0.1, 0.15) is 5.82 Å². The fourth-order valence-electron chi connectivity index (χ4n) is 3.30. The van der Waals surface area contributed by atoms with Crippen LogP contribution in [0.3, 0.4) is 0 Å². The summed E-state index contributed by atoms with van der Waals surface area (Å²) in [7, 11) is 1.85. The highest BCUT2D eigenvalue weighted by Gasteiger charge is 2.20. The predicted molar refractivity (Wildman–Crippen MR) is 127 cm³/mol. The summed E-state index contributed by atoms with van der Waals surface area (Å²) in [6, 6.07) is 10.9. The Morgan fingerprint density at radius 1 is 1.30 bits per heavy atom. The molecule has 2 aromatic heterocycles. The number of hydrogen-bond donors (Lipinski definition) is 2. The van der Waals surface area contributed by atoms with Gasteiger partial charge in [0.2, 0.25) is 0 Å². The molecule has 3 rings (SSSR count). The third-order valence-corrected chi connectivity index (χ3v) is 5.68. The van der Waals surface area contributed by atoms with Crippen LogP contribution in [0, 0.1) is 5.92 Å². The number of guanidine groups is 1. The molecule has 1 unspecified atom stereocenters. The van der Waals surface area contributed by atoms with Gasteiger partial charge in [-0.1, -0.05) is 19.1 Å². The molecule has 148 valence electrons. The van der Waals surface area contributed by atoms with Crippen molar-refractivity contribution in [3.05, 3.63) is 46.8 Å². The molecule has 1 fully saturated rings. The van der Waals surface area contributed by atoms with Crippen molar-refractivity contribution in [3.63, 3.8) is 0 Å². The maximum absolute atomic E-state index is 4.45. The molecule has 0 aromatic carbocycles. The Bertz CT molecular complexity index is 669. The molecule has 27 heavy (non-hydrogen) atoms. The summed E-state index contributed by atoms with van der Waals surface area (Å²) in [4.78, 5) is 12.7. The summed E-state index contributed by atoms with van der Waals surface area (Å²) in [5.41, 5.74) is 0. The minimum absolute atomic E-state index is 0. The van der Waals surface area contributed by atoms with Gasteiger partial charge in [0.05, 0.1) is 0 Å². The van der Waals surface area contributed by atoms with Gasteiger partial charge < -0.3 is 15.5 Å². The monoisotopic (exact) mass is 499 g/mol. The molecule has 0 aliphatic carbocycles. The zero-order chi connectivity index (χ0) is 18.2. The van der Waals surface area contributed by atoms with E-state index in [0.717, 1.165) is 50.7 Å². The van der Waals surface area contributed by atoms with E-state index in [9.17, 15) is 0 Å². The molecule has 2 aromatic rings. The maximum Gasteiger partial charge on any atom is 0.191 e. The van der Waals surface area contributed by atoms with Crippen molar-refractivity contribution in [3.8, 4) is 0 Å².